The van der Waals surface area contributed by atoms with Crippen LogP contribution in [0.2, 0.25) is 0 Å². The average Bonchev–Trinajstić information content (AvgIpc) is 2.35. The maximum absolute atomic E-state index is 11.0. The van der Waals surface area contributed by atoms with E-state index in [9.17, 15) is 4.79 Å². The normalized spacial score (nSPS) is 9.69. The minimum Gasteiger partial charge on any atom is -0.497 e. The van der Waals surface area contributed by atoms with E-state index in [2.05, 4.69) is 4.74 Å². The Kier molecular flexibility index (Phi) is 4.64. The highest BCUT2D eigenvalue weighted by Crippen LogP contribution is 2.25. The molecule has 1 aromatic rings. The second-order valence-electron chi connectivity index (χ2n) is 3.25. The summed E-state index contributed by atoms with van der Waals surface area (Å²) in [5.74, 6) is 1.24. The first-order valence-electron chi connectivity index (χ1n) is 4.99. The summed E-state index contributed by atoms with van der Waals surface area (Å²) in [5, 5.41) is 0. The summed E-state index contributed by atoms with van der Waals surface area (Å²) in [6, 6.07) is 5.53. The lowest BCUT2D eigenvalue weighted by atomic mass is 10.1. The fraction of sp³-hybridized carbons (Fsp3) is 0.417. The van der Waals surface area contributed by atoms with Gasteiger partial charge >= 0.3 is 5.97 Å². The molecule has 0 unspecified atom stereocenters. The Hall–Kier alpha value is -1.71. The summed E-state index contributed by atoms with van der Waals surface area (Å²) in [6.07, 6.45) is 0.943. The van der Waals surface area contributed by atoms with E-state index in [0.29, 0.717) is 12.8 Å². The van der Waals surface area contributed by atoms with Crippen LogP contribution in [-0.2, 0) is 16.0 Å². The molecule has 0 heterocycles. The highest BCUT2D eigenvalue weighted by molar-refractivity contribution is 5.69. The summed E-state index contributed by atoms with van der Waals surface area (Å²) in [4.78, 5) is 11.0. The van der Waals surface area contributed by atoms with Crippen molar-refractivity contribution in [1.82, 2.24) is 0 Å². The van der Waals surface area contributed by atoms with Gasteiger partial charge in [-0.2, -0.15) is 0 Å². The Balaban J connectivity index is 2.75. The van der Waals surface area contributed by atoms with E-state index < -0.39 is 0 Å². The van der Waals surface area contributed by atoms with Crippen LogP contribution >= 0.6 is 0 Å². The fourth-order valence-corrected chi connectivity index (χ4v) is 1.40. The van der Waals surface area contributed by atoms with Gasteiger partial charge in [0.1, 0.15) is 11.5 Å². The number of hydrogen-bond acceptors (Lipinski definition) is 4. The maximum Gasteiger partial charge on any atom is 0.305 e. The standard InChI is InChI=1S/C12H16O4/c1-14-10-6-4-9(11(8-10)15-2)5-7-12(13)16-3/h4,6,8H,5,7H2,1-3H3. The molecule has 0 fully saturated rings. The van der Waals surface area contributed by atoms with Crippen LogP contribution in [0, 0.1) is 0 Å². The number of methoxy groups -OCH3 is 3. The zero-order chi connectivity index (χ0) is 12.0. The second-order valence-corrected chi connectivity index (χ2v) is 3.25. The summed E-state index contributed by atoms with van der Waals surface area (Å²) in [7, 11) is 4.58. The van der Waals surface area contributed by atoms with Crippen LogP contribution in [0.25, 0.3) is 0 Å². The summed E-state index contributed by atoms with van der Waals surface area (Å²) in [6.45, 7) is 0. The molecule has 1 rings (SSSR count). The number of benzene rings is 1. The highest BCUT2D eigenvalue weighted by atomic mass is 16.5. The molecule has 1 aromatic carbocycles. The third-order valence-corrected chi connectivity index (χ3v) is 2.32. The van der Waals surface area contributed by atoms with Gasteiger partial charge in [0.15, 0.2) is 0 Å². The topological polar surface area (TPSA) is 44.8 Å². The van der Waals surface area contributed by atoms with Gasteiger partial charge in [-0.3, -0.25) is 4.79 Å². The summed E-state index contributed by atoms with van der Waals surface area (Å²) < 4.78 is 14.9. The first-order chi connectivity index (χ1) is 7.71. The number of carbonyl (C=O) groups excluding carboxylic acids is 1. The van der Waals surface area contributed by atoms with E-state index >= 15 is 0 Å². The summed E-state index contributed by atoms with van der Waals surface area (Å²) in [5.41, 5.74) is 0.966. The number of hydrogen-bond donors (Lipinski definition) is 0. The van der Waals surface area contributed by atoms with Crippen LogP contribution in [0.5, 0.6) is 11.5 Å². The lowest BCUT2D eigenvalue weighted by Gasteiger charge is -2.09. The Morgan fingerprint density at radius 1 is 1.19 bits per heavy atom. The van der Waals surface area contributed by atoms with Crippen molar-refractivity contribution in [1.29, 1.82) is 0 Å². The molecule has 0 bridgehead atoms. The largest absolute Gasteiger partial charge is 0.497 e. The van der Waals surface area contributed by atoms with Crippen molar-refractivity contribution in [3.05, 3.63) is 23.8 Å². The number of rotatable bonds is 5. The number of esters is 1. The number of carbonyl (C=O) groups is 1. The van der Waals surface area contributed by atoms with Gasteiger partial charge in [0, 0.05) is 12.5 Å². The molecule has 0 aliphatic carbocycles. The predicted molar refractivity (Wildman–Crippen MR) is 59.9 cm³/mol. The van der Waals surface area contributed by atoms with Crippen molar-refractivity contribution in [3.63, 3.8) is 0 Å². The molecule has 0 aliphatic heterocycles. The molecule has 0 N–H and O–H groups in total. The minimum atomic E-state index is -0.224. The molecule has 88 valence electrons. The molecule has 0 saturated heterocycles. The molecule has 0 saturated carbocycles. The van der Waals surface area contributed by atoms with Gasteiger partial charge in [-0.05, 0) is 18.1 Å². The average molecular weight is 224 g/mol. The van der Waals surface area contributed by atoms with E-state index in [1.807, 2.05) is 12.1 Å². The lowest BCUT2D eigenvalue weighted by molar-refractivity contribution is -0.140. The van der Waals surface area contributed by atoms with E-state index in [1.165, 1.54) is 7.11 Å². The minimum absolute atomic E-state index is 0.224. The number of ether oxygens (including phenoxy) is 3. The Labute approximate surface area is 95.1 Å². The fourth-order valence-electron chi connectivity index (χ4n) is 1.40. The second kappa shape index (κ2) is 6.00. The molecule has 16 heavy (non-hydrogen) atoms. The summed E-state index contributed by atoms with van der Waals surface area (Å²) >= 11 is 0. The molecule has 0 amide bonds. The molecule has 0 radical (unpaired) electrons. The SMILES string of the molecule is COC(=O)CCc1ccc(OC)cc1OC. The maximum atomic E-state index is 11.0. The monoisotopic (exact) mass is 224 g/mol. The van der Waals surface area contributed by atoms with Crippen molar-refractivity contribution >= 4 is 5.97 Å². The van der Waals surface area contributed by atoms with E-state index in [-0.39, 0.29) is 5.97 Å². The Morgan fingerprint density at radius 3 is 2.50 bits per heavy atom. The lowest BCUT2D eigenvalue weighted by Crippen LogP contribution is -2.03. The van der Waals surface area contributed by atoms with Crippen LogP contribution in [0.1, 0.15) is 12.0 Å². The van der Waals surface area contributed by atoms with Crippen LogP contribution < -0.4 is 9.47 Å². The molecule has 0 aromatic heterocycles. The molecule has 0 aliphatic rings. The quantitative estimate of drug-likeness (QED) is 0.715. The molecular weight excluding hydrogens is 208 g/mol. The van der Waals surface area contributed by atoms with Crippen molar-refractivity contribution in [2.75, 3.05) is 21.3 Å². The van der Waals surface area contributed by atoms with Crippen LogP contribution in [0.15, 0.2) is 18.2 Å². The van der Waals surface area contributed by atoms with Crippen LogP contribution in [0.3, 0.4) is 0 Å². The van der Waals surface area contributed by atoms with Gasteiger partial charge in [0.25, 0.3) is 0 Å². The van der Waals surface area contributed by atoms with E-state index in [0.717, 1.165) is 17.1 Å². The Morgan fingerprint density at radius 2 is 1.94 bits per heavy atom. The molecule has 4 nitrogen and oxygen atoms in total. The van der Waals surface area contributed by atoms with Crippen LogP contribution in [-0.4, -0.2) is 27.3 Å². The molecule has 4 heteroatoms. The van der Waals surface area contributed by atoms with Gasteiger partial charge < -0.3 is 14.2 Å². The van der Waals surface area contributed by atoms with E-state index in [4.69, 9.17) is 9.47 Å². The number of aryl methyl sites for hydroxylation is 1. The third-order valence-electron chi connectivity index (χ3n) is 2.32. The van der Waals surface area contributed by atoms with Gasteiger partial charge in [0.05, 0.1) is 21.3 Å². The zero-order valence-corrected chi connectivity index (χ0v) is 9.78. The van der Waals surface area contributed by atoms with Crippen molar-refractivity contribution in [3.8, 4) is 11.5 Å². The Bertz CT molecular complexity index is 360. The van der Waals surface area contributed by atoms with Crippen molar-refractivity contribution in [2.45, 2.75) is 12.8 Å². The van der Waals surface area contributed by atoms with Gasteiger partial charge in [-0.25, -0.2) is 0 Å². The zero-order valence-electron chi connectivity index (χ0n) is 9.78. The smallest absolute Gasteiger partial charge is 0.305 e. The third kappa shape index (κ3) is 3.15. The molecular formula is C12H16O4. The molecule has 0 atom stereocenters. The van der Waals surface area contributed by atoms with E-state index in [1.54, 1.807) is 20.3 Å². The first-order valence-corrected chi connectivity index (χ1v) is 4.99. The van der Waals surface area contributed by atoms with Gasteiger partial charge in [-0.15, -0.1) is 0 Å². The van der Waals surface area contributed by atoms with Crippen molar-refractivity contribution < 1.29 is 19.0 Å². The molecule has 0 spiro atoms. The highest BCUT2D eigenvalue weighted by Gasteiger charge is 2.07. The van der Waals surface area contributed by atoms with Crippen molar-refractivity contribution in [2.24, 2.45) is 0 Å². The first kappa shape index (κ1) is 12.4. The predicted octanol–water partition coefficient (Wildman–Crippen LogP) is 1.81. The van der Waals surface area contributed by atoms with Gasteiger partial charge in [-0.1, -0.05) is 6.07 Å². The van der Waals surface area contributed by atoms with Crippen LogP contribution in [0.4, 0.5) is 0 Å². The van der Waals surface area contributed by atoms with Gasteiger partial charge in [0.2, 0.25) is 0 Å².